The van der Waals surface area contributed by atoms with Gasteiger partial charge in [0.15, 0.2) is 0 Å². The molecule has 0 amide bonds. The van der Waals surface area contributed by atoms with Crippen molar-refractivity contribution < 1.29 is 0 Å². The van der Waals surface area contributed by atoms with Crippen molar-refractivity contribution in [1.29, 1.82) is 0 Å². The van der Waals surface area contributed by atoms with Crippen molar-refractivity contribution in [2.45, 2.75) is 77.7 Å². The molecular formula is C15H29N. The Labute approximate surface area is 102 Å². The van der Waals surface area contributed by atoms with E-state index in [9.17, 15) is 0 Å². The van der Waals surface area contributed by atoms with Crippen LogP contribution in [0.5, 0.6) is 0 Å². The minimum absolute atomic E-state index is 0.754. The lowest BCUT2D eigenvalue weighted by atomic mass is 9.97. The second-order valence-corrected chi connectivity index (χ2v) is 5.06. The van der Waals surface area contributed by atoms with Crippen molar-refractivity contribution in [2.24, 2.45) is 0 Å². The van der Waals surface area contributed by atoms with Crippen LogP contribution < -0.4 is 5.32 Å². The highest BCUT2D eigenvalue weighted by Crippen LogP contribution is 2.19. The summed E-state index contributed by atoms with van der Waals surface area (Å²) in [6, 6.07) is 0.754. The van der Waals surface area contributed by atoms with E-state index in [4.69, 9.17) is 0 Å². The fraction of sp³-hybridized carbons (Fsp3) is 0.867. The van der Waals surface area contributed by atoms with Crippen LogP contribution in [0, 0.1) is 0 Å². The molecule has 0 saturated carbocycles. The number of unbranched alkanes of at least 4 members (excludes halogenated alkanes) is 1. The molecule has 1 rings (SSSR count). The number of hydrogen-bond donors (Lipinski definition) is 1. The van der Waals surface area contributed by atoms with Gasteiger partial charge in [0.2, 0.25) is 0 Å². The van der Waals surface area contributed by atoms with E-state index in [0.717, 1.165) is 6.04 Å². The van der Waals surface area contributed by atoms with Crippen LogP contribution in [0.1, 0.15) is 71.6 Å². The van der Waals surface area contributed by atoms with Crippen LogP contribution >= 0.6 is 0 Å². The number of nitrogens with one attached hydrogen (secondary N) is 1. The largest absolute Gasteiger partial charge is 0.314 e. The lowest BCUT2D eigenvalue weighted by Crippen LogP contribution is -2.29. The number of allylic oxidation sites excluding steroid dienone is 1. The maximum atomic E-state index is 3.71. The van der Waals surface area contributed by atoms with E-state index < -0.39 is 0 Å². The molecule has 1 atom stereocenters. The molecule has 0 heterocycles. The van der Waals surface area contributed by atoms with E-state index in [1.54, 1.807) is 5.57 Å². The second-order valence-electron chi connectivity index (χ2n) is 5.06. The Morgan fingerprint density at radius 1 is 1.31 bits per heavy atom. The maximum absolute atomic E-state index is 3.71. The lowest BCUT2D eigenvalue weighted by Gasteiger charge is -2.18. The molecule has 1 unspecified atom stereocenters. The van der Waals surface area contributed by atoms with Crippen molar-refractivity contribution >= 4 is 0 Å². The van der Waals surface area contributed by atoms with E-state index in [-0.39, 0.29) is 0 Å². The van der Waals surface area contributed by atoms with Gasteiger partial charge in [-0.3, -0.25) is 0 Å². The Balaban J connectivity index is 2.09. The molecule has 0 saturated heterocycles. The average Bonchev–Trinajstić information content (AvgIpc) is 2.35. The molecule has 16 heavy (non-hydrogen) atoms. The van der Waals surface area contributed by atoms with Crippen LogP contribution in [0.15, 0.2) is 11.6 Å². The van der Waals surface area contributed by atoms with Crippen molar-refractivity contribution in [3.8, 4) is 0 Å². The minimum atomic E-state index is 0.754. The summed E-state index contributed by atoms with van der Waals surface area (Å²) in [4.78, 5) is 0. The Hall–Kier alpha value is -0.300. The van der Waals surface area contributed by atoms with Gasteiger partial charge < -0.3 is 5.32 Å². The third-order valence-electron chi connectivity index (χ3n) is 3.66. The van der Waals surface area contributed by atoms with Gasteiger partial charge in [0.25, 0.3) is 0 Å². The Kier molecular flexibility index (Phi) is 7.58. The molecule has 0 fully saturated rings. The molecule has 0 bridgehead atoms. The molecule has 0 radical (unpaired) electrons. The zero-order valence-corrected chi connectivity index (χ0v) is 11.2. The van der Waals surface area contributed by atoms with Gasteiger partial charge in [-0.1, -0.05) is 38.3 Å². The van der Waals surface area contributed by atoms with Gasteiger partial charge >= 0.3 is 0 Å². The van der Waals surface area contributed by atoms with Gasteiger partial charge in [0.1, 0.15) is 0 Å². The molecule has 1 nitrogen and oxygen atoms in total. The summed E-state index contributed by atoms with van der Waals surface area (Å²) in [5.41, 5.74) is 1.70. The van der Waals surface area contributed by atoms with Crippen LogP contribution in [0.25, 0.3) is 0 Å². The third-order valence-corrected chi connectivity index (χ3v) is 3.66. The number of hydrogen-bond acceptors (Lipinski definition) is 1. The van der Waals surface area contributed by atoms with E-state index in [1.165, 1.54) is 64.3 Å². The molecule has 1 aliphatic carbocycles. The van der Waals surface area contributed by atoms with E-state index in [1.807, 2.05) is 0 Å². The molecule has 0 aromatic carbocycles. The molecule has 1 N–H and O–H groups in total. The highest BCUT2D eigenvalue weighted by molar-refractivity contribution is 5.05. The van der Waals surface area contributed by atoms with E-state index in [0.29, 0.717) is 0 Å². The fourth-order valence-electron chi connectivity index (χ4n) is 2.47. The van der Waals surface area contributed by atoms with Gasteiger partial charge in [-0.05, 0) is 51.5 Å². The van der Waals surface area contributed by atoms with Crippen LogP contribution in [-0.2, 0) is 0 Å². The van der Waals surface area contributed by atoms with E-state index in [2.05, 4.69) is 25.2 Å². The summed E-state index contributed by atoms with van der Waals surface area (Å²) in [6.45, 7) is 5.76. The Morgan fingerprint density at radius 2 is 2.19 bits per heavy atom. The predicted octanol–water partition coefficient (Wildman–Crippen LogP) is 4.44. The van der Waals surface area contributed by atoms with Crippen LogP contribution in [0.3, 0.4) is 0 Å². The summed E-state index contributed by atoms with van der Waals surface area (Å²) in [7, 11) is 0. The van der Waals surface area contributed by atoms with Gasteiger partial charge in [0, 0.05) is 6.04 Å². The molecule has 94 valence electrons. The van der Waals surface area contributed by atoms with Gasteiger partial charge in [-0.25, -0.2) is 0 Å². The maximum Gasteiger partial charge on any atom is 0.00645 e. The number of rotatable bonds is 8. The molecule has 0 aromatic rings. The van der Waals surface area contributed by atoms with Crippen LogP contribution in [0.4, 0.5) is 0 Å². The van der Waals surface area contributed by atoms with Crippen molar-refractivity contribution in [2.75, 3.05) is 6.54 Å². The smallest absolute Gasteiger partial charge is 0.00645 e. The minimum Gasteiger partial charge on any atom is -0.314 e. The third kappa shape index (κ3) is 5.69. The first-order valence-corrected chi connectivity index (χ1v) is 7.28. The van der Waals surface area contributed by atoms with Gasteiger partial charge in [-0.2, -0.15) is 0 Å². The molecule has 0 aromatic heterocycles. The molecule has 1 heteroatoms. The normalized spacial score (nSPS) is 18.2. The lowest BCUT2D eigenvalue weighted by molar-refractivity contribution is 0.453. The topological polar surface area (TPSA) is 12.0 Å². The zero-order chi connectivity index (χ0) is 11.6. The second kappa shape index (κ2) is 8.81. The van der Waals surface area contributed by atoms with Crippen LogP contribution in [-0.4, -0.2) is 12.6 Å². The molecule has 1 aliphatic rings. The first-order chi connectivity index (χ1) is 7.86. The highest BCUT2D eigenvalue weighted by Gasteiger charge is 2.06. The summed E-state index contributed by atoms with van der Waals surface area (Å²) in [5.74, 6) is 0. The van der Waals surface area contributed by atoms with Crippen LogP contribution in [0.2, 0.25) is 0 Å². The molecular weight excluding hydrogens is 194 g/mol. The monoisotopic (exact) mass is 223 g/mol. The van der Waals surface area contributed by atoms with Gasteiger partial charge in [-0.15, -0.1) is 0 Å². The first kappa shape index (κ1) is 13.8. The standard InChI is InChI=1S/C15H29N/c1-3-5-11-15(4-2)16-13-12-14-9-7-6-8-10-14/h9,15-16H,3-8,10-13H2,1-2H3. The quantitative estimate of drug-likeness (QED) is 0.600. The molecule has 0 aliphatic heterocycles. The predicted molar refractivity (Wildman–Crippen MR) is 72.8 cm³/mol. The molecule has 0 spiro atoms. The summed E-state index contributed by atoms with van der Waals surface area (Å²) < 4.78 is 0. The summed E-state index contributed by atoms with van der Waals surface area (Å²) in [6.07, 6.45) is 14.6. The highest BCUT2D eigenvalue weighted by atomic mass is 14.9. The fourth-order valence-corrected chi connectivity index (χ4v) is 2.47. The van der Waals surface area contributed by atoms with Crippen molar-refractivity contribution in [1.82, 2.24) is 5.32 Å². The first-order valence-electron chi connectivity index (χ1n) is 7.28. The van der Waals surface area contributed by atoms with E-state index >= 15 is 0 Å². The van der Waals surface area contributed by atoms with Crippen molar-refractivity contribution in [3.05, 3.63) is 11.6 Å². The van der Waals surface area contributed by atoms with Crippen molar-refractivity contribution in [3.63, 3.8) is 0 Å². The Morgan fingerprint density at radius 3 is 2.81 bits per heavy atom. The summed E-state index contributed by atoms with van der Waals surface area (Å²) >= 11 is 0. The zero-order valence-electron chi connectivity index (χ0n) is 11.2. The average molecular weight is 223 g/mol. The van der Waals surface area contributed by atoms with Gasteiger partial charge in [0.05, 0.1) is 0 Å². The Bertz CT molecular complexity index is 196. The SMILES string of the molecule is CCCCC(CC)NCCC1=CCCCC1. The summed E-state index contributed by atoms with van der Waals surface area (Å²) in [5, 5.41) is 3.71.